The third-order valence-corrected chi connectivity index (χ3v) is 3.39. The Bertz CT molecular complexity index is 564. The molecular weight excluding hydrogens is 264 g/mol. The van der Waals surface area contributed by atoms with E-state index in [4.69, 9.17) is 4.42 Å². The summed E-state index contributed by atoms with van der Waals surface area (Å²) < 4.78 is 5.26. The topological polar surface area (TPSA) is 54.3 Å². The van der Waals surface area contributed by atoms with Gasteiger partial charge in [-0.25, -0.2) is 0 Å². The Morgan fingerprint density at radius 2 is 2.10 bits per heavy atom. The number of nitrogens with one attached hydrogen (secondary N) is 2. The van der Waals surface area contributed by atoms with Crippen LogP contribution in [0, 0.1) is 0 Å². The van der Waals surface area contributed by atoms with Gasteiger partial charge in [-0.15, -0.1) is 0 Å². The zero-order valence-corrected chi connectivity index (χ0v) is 12.6. The van der Waals surface area contributed by atoms with Crippen LogP contribution in [0.25, 0.3) is 0 Å². The predicted molar refractivity (Wildman–Crippen MR) is 82.9 cm³/mol. The fourth-order valence-electron chi connectivity index (χ4n) is 1.97. The minimum absolute atomic E-state index is 0.0164. The van der Waals surface area contributed by atoms with Crippen molar-refractivity contribution in [2.24, 2.45) is 0 Å². The average Bonchev–Trinajstić information content (AvgIpc) is 3.00. The van der Waals surface area contributed by atoms with Gasteiger partial charge in [0, 0.05) is 18.2 Å². The number of hydrogen-bond donors (Lipinski definition) is 2. The van der Waals surface area contributed by atoms with E-state index in [0.29, 0.717) is 18.7 Å². The van der Waals surface area contributed by atoms with Gasteiger partial charge in [0.2, 0.25) is 0 Å². The average molecular weight is 286 g/mol. The highest BCUT2D eigenvalue weighted by Gasteiger charge is 2.08. The van der Waals surface area contributed by atoms with Crippen molar-refractivity contribution in [3.8, 4) is 0 Å². The van der Waals surface area contributed by atoms with Crippen LogP contribution in [0.3, 0.4) is 0 Å². The van der Waals surface area contributed by atoms with Crippen molar-refractivity contribution < 1.29 is 9.21 Å². The summed E-state index contributed by atoms with van der Waals surface area (Å²) in [5.74, 6) is 0.887. The molecule has 0 spiro atoms. The van der Waals surface area contributed by atoms with Crippen molar-refractivity contribution in [1.82, 2.24) is 10.6 Å². The molecule has 1 amide bonds. The first kappa shape index (κ1) is 15.3. The molecule has 112 valence electrons. The van der Waals surface area contributed by atoms with Crippen LogP contribution in [-0.4, -0.2) is 11.9 Å². The van der Waals surface area contributed by atoms with Crippen molar-refractivity contribution in [1.29, 1.82) is 0 Å². The highest BCUT2D eigenvalue weighted by atomic mass is 16.3. The summed E-state index contributed by atoms with van der Waals surface area (Å²) >= 11 is 0. The molecule has 0 radical (unpaired) electrons. The summed E-state index contributed by atoms with van der Waals surface area (Å²) in [6.07, 6.45) is 2.59. The number of carbonyl (C=O) groups excluding carboxylic acids is 1. The van der Waals surface area contributed by atoms with E-state index in [9.17, 15) is 4.79 Å². The molecule has 0 aliphatic carbocycles. The van der Waals surface area contributed by atoms with Gasteiger partial charge in [-0.2, -0.15) is 0 Å². The Balaban J connectivity index is 1.89. The quantitative estimate of drug-likeness (QED) is 0.822. The first-order chi connectivity index (χ1) is 10.2. The molecule has 2 N–H and O–H groups in total. The van der Waals surface area contributed by atoms with Crippen molar-refractivity contribution in [3.05, 3.63) is 59.5 Å². The van der Waals surface area contributed by atoms with Gasteiger partial charge in [0.1, 0.15) is 5.76 Å². The maximum atomic E-state index is 12.1. The fourth-order valence-corrected chi connectivity index (χ4v) is 1.97. The van der Waals surface area contributed by atoms with E-state index in [1.165, 1.54) is 0 Å². The number of furan rings is 1. The molecule has 1 aromatic carbocycles. The minimum Gasteiger partial charge on any atom is -0.468 e. The van der Waals surface area contributed by atoms with E-state index in [1.807, 2.05) is 43.3 Å². The minimum atomic E-state index is -0.0164. The SMILES string of the molecule is CCC(C)NC(=O)c1cccc(CNCc2ccco2)c1. The van der Waals surface area contributed by atoms with Crippen LogP contribution in [0.2, 0.25) is 0 Å². The number of carbonyl (C=O) groups is 1. The smallest absolute Gasteiger partial charge is 0.251 e. The number of amides is 1. The van der Waals surface area contributed by atoms with Crippen LogP contribution in [-0.2, 0) is 13.1 Å². The molecular formula is C17H22N2O2. The third kappa shape index (κ3) is 4.76. The maximum Gasteiger partial charge on any atom is 0.251 e. The van der Waals surface area contributed by atoms with Crippen LogP contribution in [0.1, 0.15) is 41.9 Å². The molecule has 2 rings (SSSR count). The molecule has 1 unspecified atom stereocenters. The predicted octanol–water partition coefficient (Wildman–Crippen LogP) is 3.10. The Morgan fingerprint density at radius 3 is 2.81 bits per heavy atom. The second kappa shape index (κ2) is 7.64. The van der Waals surface area contributed by atoms with Gasteiger partial charge in [0.05, 0.1) is 12.8 Å². The summed E-state index contributed by atoms with van der Waals surface area (Å²) in [6.45, 7) is 5.44. The molecule has 1 aromatic heterocycles. The molecule has 0 aliphatic rings. The van der Waals surface area contributed by atoms with E-state index in [-0.39, 0.29) is 11.9 Å². The van der Waals surface area contributed by atoms with Gasteiger partial charge < -0.3 is 15.1 Å². The first-order valence-electron chi connectivity index (χ1n) is 7.32. The largest absolute Gasteiger partial charge is 0.468 e. The van der Waals surface area contributed by atoms with Gasteiger partial charge in [-0.05, 0) is 43.2 Å². The van der Waals surface area contributed by atoms with E-state index in [1.54, 1.807) is 6.26 Å². The third-order valence-electron chi connectivity index (χ3n) is 3.39. The zero-order valence-electron chi connectivity index (χ0n) is 12.6. The standard InChI is InChI=1S/C17H22N2O2/c1-3-13(2)19-17(20)15-7-4-6-14(10-15)11-18-12-16-8-5-9-21-16/h4-10,13,18H,3,11-12H2,1-2H3,(H,19,20). The second-order valence-electron chi connectivity index (χ2n) is 5.17. The number of benzene rings is 1. The zero-order chi connectivity index (χ0) is 15.1. The lowest BCUT2D eigenvalue weighted by Gasteiger charge is -2.12. The van der Waals surface area contributed by atoms with Crippen LogP contribution >= 0.6 is 0 Å². The van der Waals surface area contributed by atoms with E-state index < -0.39 is 0 Å². The lowest BCUT2D eigenvalue weighted by molar-refractivity contribution is 0.0939. The van der Waals surface area contributed by atoms with Crippen molar-refractivity contribution >= 4 is 5.91 Å². The summed E-state index contributed by atoms with van der Waals surface area (Å²) in [4.78, 5) is 12.1. The molecule has 21 heavy (non-hydrogen) atoms. The monoisotopic (exact) mass is 286 g/mol. The molecule has 1 heterocycles. The van der Waals surface area contributed by atoms with Crippen molar-refractivity contribution in [3.63, 3.8) is 0 Å². The van der Waals surface area contributed by atoms with Gasteiger partial charge in [0.25, 0.3) is 5.91 Å². The van der Waals surface area contributed by atoms with Crippen molar-refractivity contribution in [2.45, 2.75) is 39.4 Å². The van der Waals surface area contributed by atoms with Gasteiger partial charge in [0.15, 0.2) is 0 Å². The molecule has 0 saturated heterocycles. The molecule has 4 nitrogen and oxygen atoms in total. The normalized spacial score (nSPS) is 12.1. The molecule has 0 fully saturated rings. The lowest BCUT2D eigenvalue weighted by Crippen LogP contribution is -2.32. The molecule has 0 saturated carbocycles. The lowest BCUT2D eigenvalue weighted by atomic mass is 10.1. The molecule has 1 atom stereocenters. The van der Waals surface area contributed by atoms with Crippen LogP contribution in [0.5, 0.6) is 0 Å². The molecule has 4 heteroatoms. The second-order valence-corrected chi connectivity index (χ2v) is 5.17. The molecule has 0 aliphatic heterocycles. The summed E-state index contributed by atoms with van der Waals surface area (Å²) in [6, 6.07) is 11.7. The van der Waals surface area contributed by atoms with E-state index in [2.05, 4.69) is 17.6 Å². The fraction of sp³-hybridized carbons (Fsp3) is 0.353. The van der Waals surface area contributed by atoms with E-state index >= 15 is 0 Å². The number of rotatable bonds is 7. The Kier molecular flexibility index (Phi) is 5.58. The Hall–Kier alpha value is -2.07. The Morgan fingerprint density at radius 1 is 1.24 bits per heavy atom. The summed E-state index contributed by atoms with van der Waals surface area (Å²) in [7, 11) is 0. The first-order valence-corrected chi connectivity index (χ1v) is 7.32. The highest BCUT2D eigenvalue weighted by Crippen LogP contribution is 2.07. The summed E-state index contributed by atoms with van der Waals surface area (Å²) in [5, 5.41) is 6.27. The van der Waals surface area contributed by atoms with E-state index in [0.717, 1.165) is 17.7 Å². The highest BCUT2D eigenvalue weighted by molar-refractivity contribution is 5.94. The van der Waals surface area contributed by atoms with Gasteiger partial charge >= 0.3 is 0 Å². The van der Waals surface area contributed by atoms with Gasteiger partial charge in [-0.1, -0.05) is 19.1 Å². The number of hydrogen-bond acceptors (Lipinski definition) is 3. The van der Waals surface area contributed by atoms with Crippen LogP contribution < -0.4 is 10.6 Å². The van der Waals surface area contributed by atoms with Crippen molar-refractivity contribution in [2.75, 3.05) is 0 Å². The Labute approximate surface area is 125 Å². The maximum absolute atomic E-state index is 12.1. The van der Waals surface area contributed by atoms with Gasteiger partial charge in [-0.3, -0.25) is 4.79 Å². The molecule has 2 aromatic rings. The summed E-state index contributed by atoms with van der Waals surface area (Å²) in [5.41, 5.74) is 1.78. The van der Waals surface area contributed by atoms with Crippen LogP contribution in [0.15, 0.2) is 47.1 Å². The van der Waals surface area contributed by atoms with Crippen LogP contribution in [0.4, 0.5) is 0 Å². The molecule has 0 bridgehead atoms.